The highest BCUT2D eigenvalue weighted by atomic mass is 35.5. The molecule has 0 spiro atoms. The van der Waals surface area contributed by atoms with Gasteiger partial charge in [-0.2, -0.15) is 4.98 Å². The molecule has 24 heavy (non-hydrogen) atoms. The highest BCUT2D eigenvalue weighted by Gasteiger charge is 2.08. The summed E-state index contributed by atoms with van der Waals surface area (Å²) in [6, 6.07) is 13.5. The number of anilines is 3. The lowest BCUT2D eigenvalue weighted by Gasteiger charge is -2.13. The van der Waals surface area contributed by atoms with Crippen LogP contribution in [-0.2, 0) is 0 Å². The molecule has 6 heteroatoms. The number of hydrogen-bond donors (Lipinski definition) is 2. The zero-order valence-electron chi connectivity index (χ0n) is 13.5. The normalized spacial score (nSPS) is 10.7. The third-order valence-corrected chi connectivity index (χ3v) is 3.47. The highest BCUT2D eigenvalue weighted by molar-refractivity contribution is 6.30. The fraction of sp³-hybridized carbons (Fsp3) is 0.167. The van der Waals surface area contributed by atoms with Crippen LogP contribution in [0.2, 0.25) is 5.02 Å². The lowest BCUT2D eigenvalue weighted by atomic mass is 10.2. The molecular weight excluding hydrogens is 322 g/mol. The van der Waals surface area contributed by atoms with Crippen molar-refractivity contribution in [2.24, 2.45) is 0 Å². The van der Waals surface area contributed by atoms with E-state index in [0.29, 0.717) is 16.8 Å². The van der Waals surface area contributed by atoms with Crippen molar-refractivity contribution in [2.45, 2.75) is 19.9 Å². The first-order valence-corrected chi connectivity index (χ1v) is 8.06. The number of rotatable bonds is 5. The van der Waals surface area contributed by atoms with Gasteiger partial charge in [-0.15, -0.1) is 0 Å². The van der Waals surface area contributed by atoms with Crippen LogP contribution in [0.4, 0.5) is 17.5 Å². The third-order valence-electron chi connectivity index (χ3n) is 3.22. The molecule has 0 saturated carbocycles. The van der Waals surface area contributed by atoms with E-state index in [1.165, 1.54) is 0 Å². The molecule has 122 valence electrons. The first-order chi connectivity index (χ1) is 11.6. The Morgan fingerprint density at radius 1 is 1.04 bits per heavy atom. The first-order valence-electron chi connectivity index (χ1n) is 7.69. The van der Waals surface area contributed by atoms with Gasteiger partial charge in [-0.3, -0.25) is 4.98 Å². The standard InChI is InChI=1S/C18H18ClN5/c1-12(2)21-18-23-16(13-4-3-9-20-11-13)10-17(24-18)22-15-7-5-14(19)6-8-15/h3-12H,1-2H3,(H2,21,22,23,24). The molecule has 0 bridgehead atoms. The zero-order valence-corrected chi connectivity index (χ0v) is 14.2. The maximum atomic E-state index is 5.93. The molecule has 3 aromatic rings. The van der Waals surface area contributed by atoms with Crippen LogP contribution in [0.1, 0.15) is 13.8 Å². The monoisotopic (exact) mass is 339 g/mol. The van der Waals surface area contributed by atoms with Crippen LogP contribution in [0.3, 0.4) is 0 Å². The minimum atomic E-state index is 0.234. The van der Waals surface area contributed by atoms with E-state index in [4.69, 9.17) is 11.6 Å². The largest absolute Gasteiger partial charge is 0.352 e. The average Bonchev–Trinajstić information content (AvgIpc) is 2.57. The zero-order chi connectivity index (χ0) is 16.9. The molecule has 5 nitrogen and oxygen atoms in total. The minimum absolute atomic E-state index is 0.234. The van der Waals surface area contributed by atoms with Crippen LogP contribution in [0.15, 0.2) is 54.9 Å². The maximum Gasteiger partial charge on any atom is 0.225 e. The number of nitrogens with zero attached hydrogens (tertiary/aromatic N) is 3. The molecule has 0 aliphatic rings. The van der Waals surface area contributed by atoms with Crippen molar-refractivity contribution in [1.82, 2.24) is 15.0 Å². The third kappa shape index (κ3) is 4.20. The second-order valence-electron chi connectivity index (χ2n) is 5.63. The van der Waals surface area contributed by atoms with E-state index in [0.717, 1.165) is 16.9 Å². The van der Waals surface area contributed by atoms with Gasteiger partial charge in [0.15, 0.2) is 0 Å². The van der Waals surface area contributed by atoms with E-state index < -0.39 is 0 Å². The van der Waals surface area contributed by atoms with Crippen LogP contribution in [-0.4, -0.2) is 21.0 Å². The molecule has 0 unspecified atom stereocenters. The van der Waals surface area contributed by atoms with Gasteiger partial charge in [0.1, 0.15) is 5.82 Å². The van der Waals surface area contributed by atoms with E-state index in [1.54, 1.807) is 12.4 Å². The van der Waals surface area contributed by atoms with Gasteiger partial charge >= 0.3 is 0 Å². The number of pyridine rings is 1. The van der Waals surface area contributed by atoms with Gasteiger partial charge in [-0.25, -0.2) is 4.98 Å². The van der Waals surface area contributed by atoms with Crippen molar-refractivity contribution in [3.8, 4) is 11.3 Å². The second-order valence-corrected chi connectivity index (χ2v) is 6.07. The topological polar surface area (TPSA) is 62.7 Å². The summed E-state index contributed by atoms with van der Waals surface area (Å²) in [7, 11) is 0. The molecule has 0 radical (unpaired) electrons. The summed E-state index contributed by atoms with van der Waals surface area (Å²) in [6.45, 7) is 4.10. The molecule has 0 atom stereocenters. The van der Waals surface area contributed by atoms with Crippen LogP contribution < -0.4 is 10.6 Å². The van der Waals surface area contributed by atoms with Gasteiger partial charge in [0.25, 0.3) is 0 Å². The molecule has 1 aromatic carbocycles. The summed E-state index contributed by atoms with van der Waals surface area (Å²) in [5.41, 5.74) is 2.65. The summed E-state index contributed by atoms with van der Waals surface area (Å²) in [5, 5.41) is 7.23. The molecular formula is C18H18ClN5. The molecule has 0 amide bonds. The van der Waals surface area contributed by atoms with Crippen molar-refractivity contribution in [1.29, 1.82) is 0 Å². The van der Waals surface area contributed by atoms with E-state index in [2.05, 4.69) is 25.6 Å². The van der Waals surface area contributed by atoms with Gasteiger partial charge in [-0.05, 0) is 50.2 Å². The van der Waals surface area contributed by atoms with Crippen molar-refractivity contribution in [2.75, 3.05) is 10.6 Å². The smallest absolute Gasteiger partial charge is 0.225 e. The van der Waals surface area contributed by atoms with Crippen molar-refractivity contribution < 1.29 is 0 Å². The first kappa shape index (κ1) is 16.2. The predicted octanol–water partition coefficient (Wildman–Crippen LogP) is 4.76. The molecule has 3 rings (SSSR count). The summed E-state index contributed by atoms with van der Waals surface area (Å²) < 4.78 is 0. The van der Waals surface area contributed by atoms with E-state index >= 15 is 0 Å². The molecule has 2 N–H and O–H groups in total. The Hall–Kier alpha value is -2.66. The Kier molecular flexibility index (Phi) is 4.91. The van der Waals surface area contributed by atoms with Crippen LogP contribution in [0.5, 0.6) is 0 Å². The Labute approximate surface area is 146 Å². The Balaban J connectivity index is 1.96. The van der Waals surface area contributed by atoms with Crippen molar-refractivity contribution in [3.63, 3.8) is 0 Å². The fourth-order valence-corrected chi connectivity index (χ4v) is 2.30. The Bertz CT molecular complexity index is 803. The Morgan fingerprint density at radius 2 is 1.83 bits per heavy atom. The van der Waals surface area contributed by atoms with E-state index in [1.807, 2.05) is 56.3 Å². The number of benzene rings is 1. The minimum Gasteiger partial charge on any atom is -0.352 e. The SMILES string of the molecule is CC(C)Nc1nc(Nc2ccc(Cl)cc2)cc(-c2cccnc2)n1. The summed E-state index contributed by atoms with van der Waals surface area (Å²) in [4.78, 5) is 13.3. The lowest BCUT2D eigenvalue weighted by Crippen LogP contribution is -2.13. The van der Waals surface area contributed by atoms with Crippen LogP contribution in [0, 0.1) is 0 Å². The average molecular weight is 340 g/mol. The summed E-state index contributed by atoms with van der Waals surface area (Å²) >= 11 is 5.93. The number of aromatic nitrogens is 3. The second kappa shape index (κ2) is 7.27. The van der Waals surface area contributed by atoms with E-state index in [-0.39, 0.29) is 6.04 Å². The van der Waals surface area contributed by atoms with Crippen LogP contribution >= 0.6 is 11.6 Å². The molecule has 0 fully saturated rings. The van der Waals surface area contributed by atoms with Gasteiger partial charge in [0, 0.05) is 40.8 Å². The summed E-state index contributed by atoms with van der Waals surface area (Å²) in [5.74, 6) is 1.28. The molecule has 0 saturated heterocycles. The molecule has 2 aromatic heterocycles. The van der Waals surface area contributed by atoms with Gasteiger partial charge in [0.2, 0.25) is 5.95 Å². The lowest BCUT2D eigenvalue weighted by molar-refractivity contribution is 0.876. The highest BCUT2D eigenvalue weighted by Crippen LogP contribution is 2.24. The number of nitrogens with one attached hydrogen (secondary N) is 2. The van der Waals surface area contributed by atoms with Crippen LogP contribution in [0.25, 0.3) is 11.3 Å². The quantitative estimate of drug-likeness (QED) is 0.702. The van der Waals surface area contributed by atoms with Crippen molar-refractivity contribution in [3.05, 3.63) is 59.9 Å². The Morgan fingerprint density at radius 3 is 2.50 bits per heavy atom. The molecule has 0 aliphatic heterocycles. The predicted molar refractivity (Wildman–Crippen MR) is 98.8 cm³/mol. The summed E-state index contributed by atoms with van der Waals surface area (Å²) in [6.07, 6.45) is 3.53. The van der Waals surface area contributed by atoms with Gasteiger partial charge < -0.3 is 10.6 Å². The van der Waals surface area contributed by atoms with E-state index in [9.17, 15) is 0 Å². The molecule has 0 aliphatic carbocycles. The maximum absolute atomic E-state index is 5.93. The number of hydrogen-bond acceptors (Lipinski definition) is 5. The fourth-order valence-electron chi connectivity index (χ4n) is 2.18. The van der Waals surface area contributed by atoms with Crippen molar-refractivity contribution >= 4 is 29.1 Å². The number of halogens is 1. The van der Waals surface area contributed by atoms with Gasteiger partial charge in [-0.1, -0.05) is 11.6 Å². The van der Waals surface area contributed by atoms with Gasteiger partial charge in [0.05, 0.1) is 5.69 Å². The molecule has 2 heterocycles.